The number of nitro benzene ring substituents is 1. The van der Waals surface area contributed by atoms with E-state index in [0.29, 0.717) is 11.1 Å². The molecular formula is C10H12N2O4. The zero-order chi connectivity index (χ0) is 12.3. The van der Waals surface area contributed by atoms with Crippen molar-refractivity contribution in [2.75, 3.05) is 0 Å². The Bertz CT molecular complexity index is 431. The van der Waals surface area contributed by atoms with Crippen LogP contribution in [0.1, 0.15) is 11.1 Å². The van der Waals surface area contributed by atoms with Gasteiger partial charge in [0.2, 0.25) is 0 Å². The molecule has 0 bridgehead atoms. The summed E-state index contributed by atoms with van der Waals surface area (Å²) in [7, 11) is 0. The number of hydrogen-bond acceptors (Lipinski definition) is 4. The highest BCUT2D eigenvalue weighted by atomic mass is 16.6. The number of aliphatic carboxylic acids is 1. The second kappa shape index (κ2) is 4.71. The van der Waals surface area contributed by atoms with Gasteiger partial charge in [-0.25, -0.2) is 0 Å². The van der Waals surface area contributed by atoms with Crippen LogP contribution in [0.5, 0.6) is 0 Å². The number of carboxylic acids is 1. The molecule has 1 aromatic carbocycles. The number of carboxylic acid groups (broad SMARTS) is 1. The van der Waals surface area contributed by atoms with Gasteiger partial charge in [-0.2, -0.15) is 0 Å². The summed E-state index contributed by atoms with van der Waals surface area (Å²) >= 11 is 0. The van der Waals surface area contributed by atoms with E-state index < -0.39 is 16.9 Å². The molecule has 0 aliphatic carbocycles. The highest BCUT2D eigenvalue weighted by molar-refractivity contribution is 5.73. The van der Waals surface area contributed by atoms with Gasteiger partial charge in [-0.05, 0) is 18.9 Å². The molecule has 0 saturated heterocycles. The minimum absolute atomic E-state index is 0.0184. The van der Waals surface area contributed by atoms with Gasteiger partial charge in [0.05, 0.1) is 4.92 Å². The molecule has 16 heavy (non-hydrogen) atoms. The van der Waals surface area contributed by atoms with E-state index in [-0.39, 0.29) is 12.1 Å². The number of rotatable bonds is 4. The monoisotopic (exact) mass is 224 g/mol. The zero-order valence-corrected chi connectivity index (χ0v) is 8.71. The molecule has 0 fully saturated rings. The second-order valence-corrected chi connectivity index (χ2v) is 3.53. The maximum atomic E-state index is 10.7. The van der Waals surface area contributed by atoms with Crippen LogP contribution in [0.25, 0.3) is 0 Å². The van der Waals surface area contributed by atoms with Gasteiger partial charge in [0, 0.05) is 11.6 Å². The van der Waals surface area contributed by atoms with Crippen molar-refractivity contribution in [3.05, 3.63) is 39.4 Å². The Morgan fingerprint density at radius 3 is 2.75 bits per heavy atom. The van der Waals surface area contributed by atoms with Crippen molar-refractivity contribution in [3.63, 3.8) is 0 Å². The summed E-state index contributed by atoms with van der Waals surface area (Å²) in [4.78, 5) is 20.7. The second-order valence-electron chi connectivity index (χ2n) is 3.53. The van der Waals surface area contributed by atoms with Crippen LogP contribution in [0.4, 0.5) is 5.69 Å². The van der Waals surface area contributed by atoms with Gasteiger partial charge >= 0.3 is 5.97 Å². The molecule has 6 nitrogen and oxygen atoms in total. The molecule has 1 atom stereocenters. The maximum absolute atomic E-state index is 10.7. The molecule has 0 amide bonds. The van der Waals surface area contributed by atoms with Gasteiger partial charge in [0.25, 0.3) is 5.69 Å². The molecule has 86 valence electrons. The number of nitrogens with two attached hydrogens (primary N) is 1. The Labute approximate surface area is 91.8 Å². The average Bonchev–Trinajstić information content (AvgIpc) is 2.20. The van der Waals surface area contributed by atoms with E-state index in [2.05, 4.69) is 0 Å². The molecule has 0 aliphatic rings. The Kier molecular flexibility index (Phi) is 3.57. The fourth-order valence-electron chi connectivity index (χ4n) is 1.32. The number of nitrogens with zero attached hydrogens (tertiary/aromatic N) is 1. The van der Waals surface area contributed by atoms with Crippen LogP contribution in [0.3, 0.4) is 0 Å². The van der Waals surface area contributed by atoms with Crippen molar-refractivity contribution in [2.45, 2.75) is 19.4 Å². The first kappa shape index (κ1) is 12.1. The first-order chi connectivity index (χ1) is 7.41. The van der Waals surface area contributed by atoms with Crippen LogP contribution in [-0.4, -0.2) is 22.0 Å². The summed E-state index contributed by atoms with van der Waals surface area (Å²) in [6.45, 7) is 1.62. The minimum atomic E-state index is -1.12. The van der Waals surface area contributed by atoms with Gasteiger partial charge in [-0.3, -0.25) is 14.9 Å². The van der Waals surface area contributed by atoms with Gasteiger partial charge < -0.3 is 10.8 Å². The highest BCUT2D eigenvalue weighted by Gasteiger charge is 2.15. The van der Waals surface area contributed by atoms with Gasteiger partial charge in [-0.1, -0.05) is 12.1 Å². The average molecular weight is 224 g/mol. The van der Waals surface area contributed by atoms with Crippen molar-refractivity contribution >= 4 is 11.7 Å². The van der Waals surface area contributed by atoms with E-state index in [9.17, 15) is 14.9 Å². The maximum Gasteiger partial charge on any atom is 0.320 e. The summed E-state index contributed by atoms with van der Waals surface area (Å²) in [6, 6.07) is 3.55. The van der Waals surface area contributed by atoms with E-state index in [1.165, 1.54) is 6.07 Å². The SMILES string of the molecule is Cc1ccc(CC(N)C(=O)O)cc1[N+](=O)[O-]. The van der Waals surface area contributed by atoms with Crippen LogP contribution in [0, 0.1) is 17.0 Å². The fraction of sp³-hybridized carbons (Fsp3) is 0.300. The van der Waals surface area contributed by atoms with E-state index in [1.54, 1.807) is 19.1 Å². The molecule has 0 heterocycles. The Morgan fingerprint density at radius 2 is 2.25 bits per heavy atom. The third-order valence-electron chi connectivity index (χ3n) is 2.24. The van der Waals surface area contributed by atoms with Crippen LogP contribution in [0.2, 0.25) is 0 Å². The first-order valence-corrected chi connectivity index (χ1v) is 4.64. The van der Waals surface area contributed by atoms with Crippen molar-refractivity contribution in [2.24, 2.45) is 5.73 Å². The van der Waals surface area contributed by atoms with E-state index >= 15 is 0 Å². The fourth-order valence-corrected chi connectivity index (χ4v) is 1.32. The Hall–Kier alpha value is -1.95. The molecule has 0 aromatic heterocycles. The predicted octanol–water partition coefficient (Wildman–Crippen LogP) is 0.858. The lowest BCUT2D eigenvalue weighted by Gasteiger charge is -2.06. The summed E-state index contributed by atoms with van der Waals surface area (Å²) < 4.78 is 0. The molecule has 0 aliphatic heterocycles. The molecule has 0 saturated carbocycles. The third kappa shape index (κ3) is 2.77. The topological polar surface area (TPSA) is 106 Å². The van der Waals surface area contributed by atoms with Crippen LogP contribution >= 0.6 is 0 Å². The quantitative estimate of drug-likeness (QED) is 0.582. The molecule has 1 rings (SSSR count). The summed E-state index contributed by atoms with van der Waals surface area (Å²) in [5.41, 5.74) is 6.41. The zero-order valence-electron chi connectivity index (χ0n) is 8.71. The molecule has 1 aromatic rings. The van der Waals surface area contributed by atoms with Crippen molar-refractivity contribution in [1.82, 2.24) is 0 Å². The highest BCUT2D eigenvalue weighted by Crippen LogP contribution is 2.19. The standard InChI is InChI=1S/C10H12N2O4/c1-6-2-3-7(4-8(11)10(13)14)5-9(6)12(15)16/h2-3,5,8H,4,11H2,1H3,(H,13,14). The summed E-state index contributed by atoms with van der Waals surface area (Å²) in [6.07, 6.45) is 0.0798. The molecule has 0 radical (unpaired) electrons. The van der Waals surface area contributed by atoms with Crippen molar-refractivity contribution in [1.29, 1.82) is 0 Å². The molecular weight excluding hydrogens is 212 g/mol. The Morgan fingerprint density at radius 1 is 1.62 bits per heavy atom. The van der Waals surface area contributed by atoms with Gasteiger partial charge in [0.15, 0.2) is 0 Å². The van der Waals surface area contributed by atoms with E-state index in [1.807, 2.05) is 0 Å². The molecule has 0 spiro atoms. The molecule has 3 N–H and O–H groups in total. The lowest BCUT2D eigenvalue weighted by molar-refractivity contribution is -0.385. The minimum Gasteiger partial charge on any atom is -0.480 e. The largest absolute Gasteiger partial charge is 0.480 e. The number of aryl methyl sites for hydroxylation is 1. The lowest BCUT2D eigenvalue weighted by atomic mass is 10.0. The van der Waals surface area contributed by atoms with Gasteiger partial charge in [-0.15, -0.1) is 0 Å². The molecule has 1 unspecified atom stereocenters. The van der Waals surface area contributed by atoms with Crippen LogP contribution in [0.15, 0.2) is 18.2 Å². The van der Waals surface area contributed by atoms with Crippen molar-refractivity contribution < 1.29 is 14.8 Å². The summed E-state index contributed by atoms with van der Waals surface area (Å²) in [5.74, 6) is -1.12. The number of carbonyl (C=O) groups is 1. The predicted molar refractivity (Wildman–Crippen MR) is 57.1 cm³/mol. The van der Waals surface area contributed by atoms with E-state index in [4.69, 9.17) is 10.8 Å². The summed E-state index contributed by atoms with van der Waals surface area (Å²) in [5, 5.41) is 19.3. The lowest BCUT2D eigenvalue weighted by Crippen LogP contribution is -2.32. The van der Waals surface area contributed by atoms with Crippen LogP contribution < -0.4 is 5.73 Å². The normalized spacial score (nSPS) is 12.1. The third-order valence-corrected chi connectivity index (χ3v) is 2.24. The Balaban J connectivity index is 2.95. The number of benzene rings is 1. The first-order valence-electron chi connectivity index (χ1n) is 4.64. The van der Waals surface area contributed by atoms with Crippen LogP contribution in [-0.2, 0) is 11.2 Å². The smallest absolute Gasteiger partial charge is 0.320 e. The van der Waals surface area contributed by atoms with Crippen molar-refractivity contribution in [3.8, 4) is 0 Å². The number of nitro groups is 1. The number of hydrogen-bond donors (Lipinski definition) is 2. The molecule has 6 heteroatoms. The van der Waals surface area contributed by atoms with E-state index in [0.717, 1.165) is 0 Å². The van der Waals surface area contributed by atoms with Gasteiger partial charge in [0.1, 0.15) is 6.04 Å².